The van der Waals surface area contributed by atoms with Crippen molar-refractivity contribution in [3.8, 4) is 0 Å². The van der Waals surface area contributed by atoms with Crippen LogP contribution in [-0.4, -0.2) is 59.9 Å². The third kappa shape index (κ3) is 8.40. The van der Waals surface area contributed by atoms with Gasteiger partial charge in [0.2, 0.25) is 0 Å². The molecular formula is C9H21NO4. The highest BCUT2D eigenvalue weighted by Crippen LogP contribution is 1.90. The van der Waals surface area contributed by atoms with E-state index >= 15 is 0 Å². The summed E-state index contributed by atoms with van der Waals surface area (Å²) in [7, 11) is 3.27. The molecule has 0 aromatic heterocycles. The van der Waals surface area contributed by atoms with Crippen LogP contribution in [0.25, 0.3) is 0 Å². The molecule has 5 heteroatoms. The van der Waals surface area contributed by atoms with Crippen LogP contribution in [0.3, 0.4) is 0 Å². The lowest BCUT2D eigenvalue weighted by atomic mass is 10.4. The molecule has 0 aliphatic rings. The van der Waals surface area contributed by atoms with E-state index in [0.717, 1.165) is 0 Å². The highest BCUT2D eigenvalue weighted by molar-refractivity contribution is 4.55. The molecule has 0 spiro atoms. The Kier molecular flexibility index (Phi) is 10.7. The van der Waals surface area contributed by atoms with Crippen LogP contribution < -0.4 is 5.73 Å². The number of hydrogen-bond donors (Lipinski definition) is 1. The Balaban J connectivity index is 3.15. The topological polar surface area (TPSA) is 62.9 Å². The molecule has 0 amide bonds. The zero-order chi connectivity index (χ0) is 10.6. The van der Waals surface area contributed by atoms with E-state index in [4.69, 9.17) is 24.7 Å². The van der Waals surface area contributed by atoms with Crippen LogP contribution in [0.4, 0.5) is 0 Å². The summed E-state index contributed by atoms with van der Waals surface area (Å²) in [5.74, 6) is 0. The minimum atomic E-state index is -0.0361. The van der Waals surface area contributed by atoms with Crippen molar-refractivity contribution < 1.29 is 18.9 Å². The molecule has 0 fully saturated rings. The van der Waals surface area contributed by atoms with Crippen molar-refractivity contribution in [2.45, 2.75) is 6.10 Å². The van der Waals surface area contributed by atoms with Gasteiger partial charge in [0, 0.05) is 20.8 Å². The van der Waals surface area contributed by atoms with Crippen LogP contribution in [0, 0.1) is 0 Å². The molecule has 0 radical (unpaired) electrons. The van der Waals surface area contributed by atoms with Crippen LogP contribution in [0.15, 0.2) is 0 Å². The highest BCUT2D eigenvalue weighted by Gasteiger charge is 2.04. The van der Waals surface area contributed by atoms with Gasteiger partial charge in [0.1, 0.15) is 0 Å². The van der Waals surface area contributed by atoms with Gasteiger partial charge < -0.3 is 24.7 Å². The molecule has 0 saturated heterocycles. The van der Waals surface area contributed by atoms with Crippen LogP contribution in [-0.2, 0) is 18.9 Å². The van der Waals surface area contributed by atoms with Crippen molar-refractivity contribution in [1.82, 2.24) is 0 Å². The first kappa shape index (κ1) is 13.8. The summed E-state index contributed by atoms with van der Waals surface area (Å²) in [6, 6.07) is 0. The summed E-state index contributed by atoms with van der Waals surface area (Å²) in [5.41, 5.74) is 5.46. The lowest BCUT2D eigenvalue weighted by Gasteiger charge is -2.14. The molecule has 0 aromatic rings. The molecule has 0 aliphatic carbocycles. The lowest BCUT2D eigenvalue weighted by molar-refractivity contribution is -0.0296. The first-order chi connectivity index (χ1) is 6.85. The van der Waals surface area contributed by atoms with E-state index in [9.17, 15) is 0 Å². The Morgan fingerprint density at radius 2 is 1.71 bits per heavy atom. The Hall–Kier alpha value is -0.200. The average Bonchev–Trinajstić information content (AvgIpc) is 2.21. The normalized spacial score (nSPS) is 13.1. The smallest absolute Gasteiger partial charge is 0.0931 e. The monoisotopic (exact) mass is 207 g/mol. The van der Waals surface area contributed by atoms with Crippen LogP contribution in [0.5, 0.6) is 0 Å². The molecule has 0 heterocycles. The van der Waals surface area contributed by atoms with E-state index < -0.39 is 0 Å². The fourth-order valence-electron chi connectivity index (χ4n) is 0.888. The van der Waals surface area contributed by atoms with E-state index in [2.05, 4.69) is 0 Å². The summed E-state index contributed by atoms with van der Waals surface area (Å²) < 4.78 is 20.4. The molecule has 5 nitrogen and oxygen atoms in total. The second kappa shape index (κ2) is 10.9. The zero-order valence-corrected chi connectivity index (χ0v) is 9.03. The van der Waals surface area contributed by atoms with Crippen molar-refractivity contribution in [3.05, 3.63) is 0 Å². The molecule has 0 aliphatic heterocycles. The summed E-state index contributed by atoms with van der Waals surface area (Å²) in [6.45, 7) is 3.29. The molecule has 0 aromatic carbocycles. The van der Waals surface area contributed by atoms with Gasteiger partial charge in [-0.05, 0) is 0 Å². The number of rotatable bonds is 10. The fourth-order valence-corrected chi connectivity index (χ4v) is 0.888. The highest BCUT2D eigenvalue weighted by atomic mass is 16.6. The maximum atomic E-state index is 5.46. The summed E-state index contributed by atoms with van der Waals surface area (Å²) in [4.78, 5) is 0. The third-order valence-electron chi connectivity index (χ3n) is 1.63. The van der Waals surface area contributed by atoms with E-state index in [1.54, 1.807) is 14.2 Å². The number of hydrogen-bond acceptors (Lipinski definition) is 5. The van der Waals surface area contributed by atoms with Crippen molar-refractivity contribution in [1.29, 1.82) is 0 Å². The molecular weight excluding hydrogens is 186 g/mol. The van der Waals surface area contributed by atoms with Gasteiger partial charge in [-0.1, -0.05) is 0 Å². The fraction of sp³-hybridized carbons (Fsp3) is 1.00. The Morgan fingerprint density at radius 1 is 1.00 bits per heavy atom. The van der Waals surface area contributed by atoms with Crippen molar-refractivity contribution >= 4 is 0 Å². The maximum absolute atomic E-state index is 5.46. The molecule has 0 rings (SSSR count). The maximum Gasteiger partial charge on any atom is 0.0931 e. The number of ether oxygens (including phenoxy) is 4. The predicted octanol–water partition coefficient (Wildman–Crippen LogP) is -0.360. The Bertz CT molecular complexity index is 113. The van der Waals surface area contributed by atoms with Gasteiger partial charge in [-0.15, -0.1) is 0 Å². The van der Waals surface area contributed by atoms with Gasteiger partial charge in [0.25, 0.3) is 0 Å². The second-order valence-corrected chi connectivity index (χ2v) is 2.79. The Morgan fingerprint density at radius 3 is 2.29 bits per heavy atom. The van der Waals surface area contributed by atoms with E-state index in [-0.39, 0.29) is 6.10 Å². The third-order valence-corrected chi connectivity index (χ3v) is 1.63. The second-order valence-electron chi connectivity index (χ2n) is 2.79. The molecule has 0 bridgehead atoms. The molecule has 2 N–H and O–H groups in total. The van der Waals surface area contributed by atoms with Gasteiger partial charge in [0.15, 0.2) is 0 Å². The lowest BCUT2D eigenvalue weighted by Crippen LogP contribution is -2.29. The first-order valence-corrected chi connectivity index (χ1v) is 4.72. The minimum Gasteiger partial charge on any atom is -0.382 e. The van der Waals surface area contributed by atoms with Gasteiger partial charge >= 0.3 is 0 Å². The van der Waals surface area contributed by atoms with Crippen LogP contribution >= 0.6 is 0 Å². The number of methoxy groups -OCH3 is 2. The molecule has 14 heavy (non-hydrogen) atoms. The minimum absolute atomic E-state index is 0.0361. The van der Waals surface area contributed by atoms with E-state index in [0.29, 0.717) is 39.6 Å². The Labute approximate surface area is 85.5 Å². The van der Waals surface area contributed by atoms with Gasteiger partial charge in [-0.3, -0.25) is 0 Å². The molecule has 86 valence electrons. The van der Waals surface area contributed by atoms with Crippen LogP contribution in [0.2, 0.25) is 0 Å². The van der Waals surface area contributed by atoms with Gasteiger partial charge in [0.05, 0.1) is 39.1 Å². The number of nitrogens with two attached hydrogens (primary N) is 1. The standard InChI is InChI=1S/C9H21NO4/c1-11-3-4-13-5-6-14-9(7-10)8-12-2/h9H,3-8,10H2,1-2H3. The molecule has 1 unspecified atom stereocenters. The van der Waals surface area contributed by atoms with Gasteiger partial charge in [-0.25, -0.2) is 0 Å². The van der Waals surface area contributed by atoms with E-state index in [1.807, 2.05) is 0 Å². The zero-order valence-electron chi connectivity index (χ0n) is 9.03. The largest absolute Gasteiger partial charge is 0.382 e. The first-order valence-electron chi connectivity index (χ1n) is 4.72. The van der Waals surface area contributed by atoms with Crippen LogP contribution in [0.1, 0.15) is 0 Å². The summed E-state index contributed by atoms with van der Waals surface area (Å²) >= 11 is 0. The molecule has 1 atom stereocenters. The molecule has 0 saturated carbocycles. The summed E-state index contributed by atoms with van der Waals surface area (Å²) in [5, 5.41) is 0. The average molecular weight is 207 g/mol. The van der Waals surface area contributed by atoms with Gasteiger partial charge in [-0.2, -0.15) is 0 Å². The van der Waals surface area contributed by atoms with Crippen molar-refractivity contribution in [2.75, 3.05) is 53.8 Å². The van der Waals surface area contributed by atoms with E-state index in [1.165, 1.54) is 0 Å². The quantitative estimate of drug-likeness (QED) is 0.496. The SMILES string of the molecule is COCCOCCOC(CN)COC. The predicted molar refractivity (Wildman–Crippen MR) is 53.4 cm³/mol. The van der Waals surface area contributed by atoms with Crippen molar-refractivity contribution in [3.63, 3.8) is 0 Å². The summed E-state index contributed by atoms with van der Waals surface area (Å²) in [6.07, 6.45) is -0.0361. The van der Waals surface area contributed by atoms with Crippen molar-refractivity contribution in [2.24, 2.45) is 5.73 Å².